The molecule has 0 fully saturated rings. The van der Waals surface area contributed by atoms with Crippen molar-refractivity contribution in [1.29, 1.82) is 5.26 Å². The number of hydrogen-bond donors (Lipinski definition) is 2. The van der Waals surface area contributed by atoms with Crippen LogP contribution in [0.4, 0.5) is 5.69 Å². The predicted molar refractivity (Wildman–Crippen MR) is 74.4 cm³/mol. The van der Waals surface area contributed by atoms with Crippen LogP contribution in [0.5, 0.6) is 5.75 Å². The van der Waals surface area contributed by atoms with E-state index in [1.54, 1.807) is 18.2 Å². The number of ether oxygens (including phenoxy) is 1. The van der Waals surface area contributed by atoms with Crippen LogP contribution in [-0.2, 0) is 0 Å². The quantitative estimate of drug-likeness (QED) is 0.629. The van der Waals surface area contributed by atoms with E-state index < -0.39 is 0 Å². The van der Waals surface area contributed by atoms with Gasteiger partial charge in [-0.25, -0.2) is 0 Å². The average Bonchev–Trinajstić information content (AvgIpc) is 3.02. The number of methoxy groups -OCH3 is 1. The Morgan fingerprint density at radius 3 is 2.90 bits per heavy atom. The Morgan fingerprint density at radius 1 is 1.52 bits per heavy atom. The maximum atomic E-state index is 11.4. The molecular formula is C13H12N6O2. The topological polar surface area (TPSA) is 117 Å². The van der Waals surface area contributed by atoms with Crippen LogP contribution in [0.15, 0.2) is 24.4 Å². The van der Waals surface area contributed by atoms with Crippen LogP contribution < -0.4 is 10.1 Å². The molecule has 0 saturated carbocycles. The van der Waals surface area contributed by atoms with Gasteiger partial charge in [0, 0.05) is 11.8 Å². The highest BCUT2D eigenvalue weighted by molar-refractivity contribution is 5.95. The molecule has 0 aliphatic rings. The van der Waals surface area contributed by atoms with Gasteiger partial charge in [-0.05, 0) is 30.3 Å². The first kappa shape index (κ1) is 14.2. The van der Waals surface area contributed by atoms with Crippen LogP contribution in [0, 0.1) is 11.3 Å². The van der Waals surface area contributed by atoms with Gasteiger partial charge in [0.15, 0.2) is 5.78 Å². The van der Waals surface area contributed by atoms with Gasteiger partial charge < -0.3 is 10.1 Å². The molecule has 2 aromatic rings. The Morgan fingerprint density at radius 2 is 2.33 bits per heavy atom. The lowest BCUT2D eigenvalue weighted by Gasteiger charge is -2.09. The molecule has 8 nitrogen and oxygen atoms in total. The number of nitriles is 1. The number of carbonyl (C=O) groups excluding carboxylic acids is 1. The van der Waals surface area contributed by atoms with Gasteiger partial charge in [-0.1, -0.05) is 0 Å². The van der Waals surface area contributed by atoms with E-state index >= 15 is 0 Å². The van der Waals surface area contributed by atoms with Crippen LogP contribution in [-0.4, -0.2) is 33.5 Å². The van der Waals surface area contributed by atoms with Crippen molar-refractivity contribution in [2.45, 2.75) is 6.92 Å². The summed E-state index contributed by atoms with van der Waals surface area (Å²) < 4.78 is 5.20. The van der Waals surface area contributed by atoms with Crippen molar-refractivity contribution in [3.8, 4) is 11.8 Å². The first-order valence-electron chi connectivity index (χ1n) is 5.95. The normalized spacial score (nSPS) is 10.8. The highest BCUT2D eigenvalue weighted by Gasteiger charge is 2.09. The summed E-state index contributed by atoms with van der Waals surface area (Å²) in [7, 11) is 1.52. The number of hydrogen-bond acceptors (Lipinski definition) is 7. The molecule has 2 N–H and O–H groups in total. The lowest BCUT2D eigenvalue weighted by molar-refractivity contribution is 0.101. The number of rotatable bonds is 5. The lowest BCUT2D eigenvalue weighted by Crippen LogP contribution is -1.99. The number of aromatic nitrogens is 4. The molecule has 2 rings (SSSR count). The largest absolute Gasteiger partial charge is 0.495 e. The van der Waals surface area contributed by atoms with Crippen LogP contribution in [0.1, 0.15) is 23.1 Å². The summed E-state index contributed by atoms with van der Waals surface area (Å²) in [6.07, 6.45) is 1.42. The zero-order valence-corrected chi connectivity index (χ0v) is 11.4. The van der Waals surface area contributed by atoms with Crippen molar-refractivity contribution >= 4 is 17.0 Å². The average molecular weight is 284 g/mol. The fourth-order valence-corrected chi connectivity index (χ4v) is 1.61. The van der Waals surface area contributed by atoms with E-state index in [0.717, 1.165) is 0 Å². The van der Waals surface area contributed by atoms with Crippen molar-refractivity contribution < 1.29 is 9.53 Å². The molecule has 106 valence electrons. The number of aromatic amines is 1. The summed E-state index contributed by atoms with van der Waals surface area (Å²) in [5.41, 5.74) is 1.28. The Kier molecular flexibility index (Phi) is 4.26. The van der Waals surface area contributed by atoms with Gasteiger partial charge in [0.05, 0.1) is 12.8 Å². The molecule has 0 bridgehead atoms. The minimum atomic E-state index is -0.0663. The molecule has 0 spiro atoms. The lowest BCUT2D eigenvalue weighted by atomic mass is 10.1. The highest BCUT2D eigenvalue weighted by Crippen LogP contribution is 2.26. The summed E-state index contributed by atoms with van der Waals surface area (Å²) in [6, 6.07) is 6.94. The van der Waals surface area contributed by atoms with Crippen LogP contribution >= 0.6 is 0 Å². The molecule has 1 aromatic carbocycles. The summed E-state index contributed by atoms with van der Waals surface area (Å²) in [4.78, 5) is 11.4. The van der Waals surface area contributed by atoms with Gasteiger partial charge in [-0.15, -0.1) is 10.2 Å². The maximum absolute atomic E-state index is 11.4. The summed E-state index contributed by atoms with van der Waals surface area (Å²) in [6.45, 7) is 1.47. The third-order valence-electron chi connectivity index (χ3n) is 2.68. The minimum Gasteiger partial charge on any atom is -0.495 e. The molecule has 1 heterocycles. The molecule has 0 radical (unpaired) electrons. The second kappa shape index (κ2) is 6.29. The molecule has 0 aliphatic carbocycles. The van der Waals surface area contributed by atoms with Gasteiger partial charge >= 0.3 is 0 Å². The monoisotopic (exact) mass is 284 g/mol. The minimum absolute atomic E-state index is 0.0663. The number of ketones is 1. The SMILES string of the molecule is COc1ccc(C(C)=O)cc1NC=C(C#N)c1nn[nH]n1. The second-order valence-electron chi connectivity index (χ2n) is 4.02. The molecule has 0 atom stereocenters. The summed E-state index contributed by atoms with van der Waals surface area (Å²) >= 11 is 0. The van der Waals surface area contributed by atoms with Crippen molar-refractivity contribution in [2.75, 3.05) is 12.4 Å². The van der Waals surface area contributed by atoms with Crippen molar-refractivity contribution in [3.05, 3.63) is 35.8 Å². The fourth-order valence-electron chi connectivity index (χ4n) is 1.61. The zero-order valence-electron chi connectivity index (χ0n) is 11.4. The number of nitrogens with zero attached hydrogens (tertiary/aromatic N) is 4. The molecule has 0 aliphatic heterocycles. The number of nitrogens with one attached hydrogen (secondary N) is 2. The van der Waals surface area contributed by atoms with Crippen LogP contribution in [0.3, 0.4) is 0 Å². The maximum Gasteiger partial charge on any atom is 0.216 e. The first-order chi connectivity index (χ1) is 10.2. The molecule has 0 unspecified atom stereocenters. The number of allylic oxidation sites excluding steroid dienone is 1. The molecule has 8 heteroatoms. The smallest absolute Gasteiger partial charge is 0.216 e. The molecule has 21 heavy (non-hydrogen) atoms. The van der Waals surface area contributed by atoms with Crippen molar-refractivity contribution in [2.24, 2.45) is 0 Å². The summed E-state index contributed by atoms with van der Waals surface area (Å²) in [5, 5.41) is 25.1. The van der Waals surface area contributed by atoms with Crippen molar-refractivity contribution in [1.82, 2.24) is 20.6 Å². The first-order valence-corrected chi connectivity index (χ1v) is 5.95. The van der Waals surface area contributed by atoms with E-state index in [1.165, 1.54) is 20.2 Å². The van der Waals surface area contributed by atoms with E-state index in [1.807, 2.05) is 6.07 Å². The molecule has 0 saturated heterocycles. The van der Waals surface area contributed by atoms with Crippen LogP contribution in [0.25, 0.3) is 5.57 Å². The van der Waals surface area contributed by atoms with Gasteiger partial charge in [0.2, 0.25) is 5.82 Å². The Balaban J connectivity index is 2.32. The Hall–Kier alpha value is -3.21. The Labute approximate surface area is 120 Å². The molecular weight excluding hydrogens is 272 g/mol. The number of tetrazole rings is 1. The van der Waals surface area contributed by atoms with E-state index in [4.69, 9.17) is 10.00 Å². The van der Waals surface area contributed by atoms with E-state index in [-0.39, 0.29) is 17.2 Å². The van der Waals surface area contributed by atoms with E-state index in [0.29, 0.717) is 17.0 Å². The van der Waals surface area contributed by atoms with Crippen molar-refractivity contribution in [3.63, 3.8) is 0 Å². The number of carbonyl (C=O) groups is 1. The number of benzene rings is 1. The van der Waals surface area contributed by atoms with Gasteiger partial charge in [0.1, 0.15) is 17.4 Å². The number of anilines is 1. The van der Waals surface area contributed by atoms with E-state index in [9.17, 15) is 4.79 Å². The van der Waals surface area contributed by atoms with E-state index in [2.05, 4.69) is 25.9 Å². The third kappa shape index (κ3) is 3.22. The number of Topliss-reactive ketones (excluding diaryl/α,β-unsaturated/α-hetero) is 1. The van der Waals surface area contributed by atoms with Crippen LogP contribution in [0.2, 0.25) is 0 Å². The van der Waals surface area contributed by atoms with Gasteiger partial charge in [-0.3, -0.25) is 4.79 Å². The predicted octanol–water partition coefficient (Wildman–Crippen LogP) is 1.39. The number of H-pyrrole nitrogens is 1. The fraction of sp³-hybridized carbons (Fsp3) is 0.154. The molecule has 0 amide bonds. The van der Waals surface area contributed by atoms with Gasteiger partial charge in [0.25, 0.3) is 0 Å². The highest BCUT2D eigenvalue weighted by atomic mass is 16.5. The zero-order chi connectivity index (χ0) is 15.2. The third-order valence-corrected chi connectivity index (χ3v) is 2.68. The van der Waals surface area contributed by atoms with Gasteiger partial charge in [-0.2, -0.15) is 10.5 Å². The molecule has 1 aromatic heterocycles. The Bertz CT molecular complexity index is 715. The standard InChI is InChI=1S/C13H12N6O2/c1-8(20)9-3-4-12(21-2)11(5-9)15-7-10(6-14)13-16-18-19-17-13/h3-5,7,15H,1-2H3,(H,16,17,18,19). The summed E-state index contributed by atoms with van der Waals surface area (Å²) in [5.74, 6) is 0.650. The second-order valence-corrected chi connectivity index (χ2v) is 4.02.